The Balaban J connectivity index is 2.53. The van der Waals surface area contributed by atoms with Crippen LogP contribution in [0.4, 0.5) is 0 Å². The molecule has 88 valence electrons. The van der Waals surface area contributed by atoms with E-state index in [1.54, 1.807) is 0 Å². The van der Waals surface area contributed by atoms with E-state index in [9.17, 15) is 4.79 Å². The Morgan fingerprint density at radius 1 is 1.62 bits per heavy atom. The molecule has 1 saturated heterocycles. The summed E-state index contributed by atoms with van der Waals surface area (Å²) in [5, 5.41) is 8.65. The summed E-state index contributed by atoms with van der Waals surface area (Å²) in [6, 6.07) is 2.29. The van der Waals surface area contributed by atoms with E-state index < -0.39 is 0 Å². The quantitative estimate of drug-likeness (QED) is 0.681. The maximum absolute atomic E-state index is 10.8. The van der Waals surface area contributed by atoms with E-state index in [-0.39, 0.29) is 12.0 Å². The number of allylic oxidation sites excluding steroid dienone is 1. The zero-order valence-electron chi connectivity index (χ0n) is 9.74. The van der Waals surface area contributed by atoms with Crippen LogP contribution in [0.5, 0.6) is 0 Å². The highest BCUT2D eigenvalue weighted by Gasteiger charge is 2.24. The molecule has 1 aliphatic heterocycles. The van der Waals surface area contributed by atoms with E-state index in [4.69, 9.17) is 10.00 Å². The van der Waals surface area contributed by atoms with Crippen molar-refractivity contribution in [3.05, 3.63) is 12.3 Å². The van der Waals surface area contributed by atoms with Crippen molar-refractivity contribution in [3.63, 3.8) is 0 Å². The summed E-state index contributed by atoms with van der Waals surface area (Å²) < 4.78 is 5.04. The lowest BCUT2D eigenvalue weighted by Crippen LogP contribution is -2.41. The summed E-state index contributed by atoms with van der Waals surface area (Å²) in [6.45, 7) is 6.63. The molecule has 0 N–H and O–H groups in total. The minimum absolute atomic E-state index is 0.193. The zero-order valence-corrected chi connectivity index (χ0v) is 9.74. The summed E-state index contributed by atoms with van der Waals surface area (Å²) in [6.07, 6.45) is 3.59. The van der Waals surface area contributed by atoms with E-state index in [0.717, 1.165) is 31.5 Å². The molecule has 4 heteroatoms. The third-order valence-corrected chi connectivity index (χ3v) is 2.80. The Morgan fingerprint density at radius 3 is 3.00 bits per heavy atom. The molecule has 16 heavy (non-hydrogen) atoms. The van der Waals surface area contributed by atoms with Crippen molar-refractivity contribution in [1.29, 1.82) is 5.26 Å². The van der Waals surface area contributed by atoms with E-state index in [2.05, 4.69) is 17.5 Å². The Bertz CT molecular complexity index is 307. The van der Waals surface area contributed by atoms with Gasteiger partial charge >= 0.3 is 5.97 Å². The number of carbonyl (C=O) groups excluding carboxylic acids is 1. The summed E-state index contributed by atoms with van der Waals surface area (Å²) >= 11 is 0. The average Bonchev–Trinajstić information content (AvgIpc) is 2.27. The van der Waals surface area contributed by atoms with Gasteiger partial charge in [0.15, 0.2) is 0 Å². The summed E-state index contributed by atoms with van der Waals surface area (Å²) in [7, 11) is 0. The normalized spacial score (nSPS) is 20.0. The lowest BCUT2D eigenvalue weighted by Gasteiger charge is -2.37. The molecule has 1 unspecified atom stereocenters. The van der Waals surface area contributed by atoms with Crippen LogP contribution >= 0.6 is 0 Å². The van der Waals surface area contributed by atoms with Crippen molar-refractivity contribution in [2.75, 3.05) is 13.2 Å². The lowest BCUT2D eigenvalue weighted by atomic mass is 10.0. The molecule has 0 bridgehead atoms. The monoisotopic (exact) mass is 222 g/mol. The molecule has 4 nitrogen and oxygen atoms in total. The maximum Gasteiger partial charge on any atom is 0.302 e. The molecule has 0 radical (unpaired) electrons. The standard InChI is InChI=1S/C12H18N2O2/c1-10(6-7-13)14-8-4-3-5-12(14)9-16-11(2)15/h12H,1,3-6,8-9H2,2H3. The van der Waals surface area contributed by atoms with Crippen LogP contribution in [0.3, 0.4) is 0 Å². The van der Waals surface area contributed by atoms with Gasteiger partial charge in [0.25, 0.3) is 0 Å². The van der Waals surface area contributed by atoms with E-state index >= 15 is 0 Å². The molecule has 0 aromatic rings. The van der Waals surface area contributed by atoms with E-state index in [1.165, 1.54) is 6.92 Å². The fraction of sp³-hybridized carbons (Fsp3) is 0.667. The van der Waals surface area contributed by atoms with Gasteiger partial charge in [-0.1, -0.05) is 6.58 Å². The molecule has 1 rings (SSSR count). The minimum atomic E-state index is -0.253. The first-order chi connectivity index (χ1) is 7.65. The second-order valence-corrected chi connectivity index (χ2v) is 4.05. The van der Waals surface area contributed by atoms with Crippen molar-refractivity contribution in [1.82, 2.24) is 4.90 Å². The van der Waals surface area contributed by atoms with Crippen molar-refractivity contribution < 1.29 is 9.53 Å². The zero-order chi connectivity index (χ0) is 12.0. The number of hydrogen-bond donors (Lipinski definition) is 0. The highest BCUT2D eigenvalue weighted by Crippen LogP contribution is 2.22. The van der Waals surface area contributed by atoms with Crippen LogP contribution in [0.15, 0.2) is 12.3 Å². The van der Waals surface area contributed by atoms with Crippen molar-refractivity contribution in [2.24, 2.45) is 0 Å². The largest absolute Gasteiger partial charge is 0.464 e. The Labute approximate surface area is 96.5 Å². The number of nitrogens with zero attached hydrogens (tertiary/aromatic N) is 2. The Hall–Kier alpha value is -1.50. The number of likely N-dealkylation sites (tertiary alicyclic amines) is 1. The number of rotatable bonds is 4. The predicted molar refractivity (Wildman–Crippen MR) is 60.3 cm³/mol. The predicted octanol–water partition coefficient (Wildman–Crippen LogP) is 1.83. The van der Waals surface area contributed by atoms with Crippen molar-refractivity contribution in [2.45, 2.75) is 38.6 Å². The van der Waals surface area contributed by atoms with Gasteiger partial charge in [-0.3, -0.25) is 4.79 Å². The fourth-order valence-electron chi connectivity index (χ4n) is 2.00. The number of esters is 1. The third-order valence-electron chi connectivity index (χ3n) is 2.80. The number of hydrogen-bond acceptors (Lipinski definition) is 4. The SMILES string of the molecule is C=C(CC#N)N1CCCCC1COC(C)=O. The van der Waals surface area contributed by atoms with Gasteiger partial charge in [-0.05, 0) is 19.3 Å². The molecule has 0 saturated carbocycles. The highest BCUT2D eigenvalue weighted by atomic mass is 16.5. The molecule has 0 aliphatic carbocycles. The molecule has 1 fully saturated rings. The van der Waals surface area contributed by atoms with Crippen LogP contribution < -0.4 is 0 Å². The Kier molecular flexibility index (Phi) is 4.84. The molecule has 0 aromatic heterocycles. The van der Waals surface area contributed by atoms with Crippen molar-refractivity contribution in [3.8, 4) is 6.07 Å². The van der Waals surface area contributed by atoms with Gasteiger partial charge in [0.2, 0.25) is 0 Å². The van der Waals surface area contributed by atoms with Gasteiger partial charge in [-0.15, -0.1) is 0 Å². The van der Waals surface area contributed by atoms with Gasteiger partial charge in [0.1, 0.15) is 6.61 Å². The van der Waals surface area contributed by atoms with Crippen LogP contribution in [0.2, 0.25) is 0 Å². The van der Waals surface area contributed by atoms with Crippen LogP contribution in [-0.4, -0.2) is 30.1 Å². The highest BCUT2D eigenvalue weighted by molar-refractivity contribution is 5.65. The number of piperidine rings is 1. The van der Waals surface area contributed by atoms with E-state index in [0.29, 0.717) is 13.0 Å². The van der Waals surface area contributed by atoms with Gasteiger partial charge in [-0.2, -0.15) is 5.26 Å². The fourth-order valence-corrected chi connectivity index (χ4v) is 2.00. The second-order valence-electron chi connectivity index (χ2n) is 4.05. The molecular formula is C12H18N2O2. The molecule has 0 amide bonds. The minimum Gasteiger partial charge on any atom is -0.464 e. The second kappa shape index (κ2) is 6.16. The topological polar surface area (TPSA) is 53.3 Å². The first kappa shape index (κ1) is 12.6. The van der Waals surface area contributed by atoms with Crippen LogP contribution in [0, 0.1) is 11.3 Å². The lowest BCUT2D eigenvalue weighted by molar-refractivity contribution is -0.142. The van der Waals surface area contributed by atoms with Gasteiger partial charge in [0.05, 0.1) is 18.5 Å². The molecule has 1 aliphatic rings. The van der Waals surface area contributed by atoms with E-state index in [1.807, 2.05) is 0 Å². The number of nitriles is 1. The number of carbonyl (C=O) groups is 1. The van der Waals surface area contributed by atoms with Crippen LogP contribution in [-0.2, 0) is 9.53 Å². The molecule has 1 heterocycles. The molecular weight excluding hydrogens is 204 g/mol. The Morgan fingerprint density at radius 2 is 2.38 bits per heavy atom. The van der Waals surface area contributed by atoms with Gasteiger partial charge in [0, 0.05) is 19.2 Å². The third kappa shape index (κ3) is 3.58. The van der Waals surface area contributed by atoms with Gasteiger partial charge < -0.3 is 9.64 Å². The number of ether oxygens (including phenoxy) is 1. The first-order valence-electron chi connectivity index (χ1n) is 5.60. The molecule has 1 atom stereocenters. The van der Waals surface area contributed by atoms with Crippen LogP contribution in [0.25, 0.3) is 0 Å². The summed E-state index contributed by atoms with van der Waals surface area (Å²) in [4.78, 5) is 12.9. The van der Waals surface area contributed by atoms with Gasteiger partial charge in [-0.25, -0.2) is 0 Å². The van der Waals surface area contributed by atoms with Crippen LogP contribution in [0.1, 0.15) is 32.6 Å². The average molecular weight is 222 g/mol. The molecule has 0 aromatic carbocycles. The summed E-state index contributed by atoms with van der Waals surface area (Å²) in [5.74, 6) is -0.253. The maximum atomic E-state index is 10.8. The summed E-state index contributed by atoms with van der Waals surface area (Å²) in [5.41, 5.74) is 0.833. The first-order valence-corrected chi connectivity index (χ1v) is 5.60. The van der Waals surface area contributed by atoms with Crippen molar-refractivity contribution >= 4 is 5.97 Å². The smallest absolute Gasteiger partial charge is 0.302 e. The molecule has 0 spiro atoms.